The van der Waals surface area contributed by atoms with Crippen LogP contribution in [-0.2, 0) is 0 Å². The summed E-state index contributed by atoms with van der Waals surface area (Å²) in [7, 11) is 4.95. The zero-order valence-electron chi connectivity index (χ0n) is 22.3. The highest BCUT2D eigenvalue weighted by atomic mass is 35.5. The van der Waals surface area contributed by atoms with E-state index in [-0.39, 0.29) is 21.6 Å². The van der Waals surface area contributed by atoms with E-state index < -0.39 is 5.91 Å². The lowest BCUT2D eigenvalue weighted by molar-refractivity contribution is 0.0662. The van der Waals surface area contributed by atoms with Crippen molar-refractivity contribution >= 4 is 73.9 Å². The number of hydrazine groups is 1. The zero-order valence-corrected chi connectivity index (χ0v) is 24.7. The molecular formula is C26H26Cl2N8O4S. The van der Waals surface area contributed by atoms with E-state index in [0.29, 0.717) is 44.5 Å². The summed E-state index contributed by atoms with van der Waals surface area (Å²) in [4.78, 5) is 41.1. The van der Waals surface area contributed by atoms with Crippen LogP contribution in [0.1, 0.15) is 20.7 Å². The van der Waals surface area contributed by atoms with Crippen molar-refractivity contribution in [1.82, 2.24) is 30.3 Å². The van der Waals surface area contributed by atoms with Crippen molar-refractivity contribution in [2.24, 2.45) is 0 Å². The standard InChI is InChI=1S/C26H26Cl2N8O4S/c1-35-6-8-36(9-7-35)34-25(37)14-4-5-18(29-11-14)32-24-23-21(30-13-31-24)15(12-41-23)26(38)33-22-19(27)16(39-2)10-17(40-3)20(22)28/h4-5,10-13H,6-9H2,1-3H3,(H,33,38)(H,34,37)(H,29,30,31,32). The van der Waals surface area contributed by atoms with E-state index in [1.54, 1.807) is 17.5 Å². The lowest BCUT2D eigenvalue weighted by Crippen LogP contribution is -2.52. The molecule has 1 saturated heterocycles. The average molecular weight is 618 g/mol. The van der Waals surface area contributed by atoms with Gasteiger partial charge >= 0.3 is 0 Å². The van der Waals surface area contributed by atoms with E-state index in [1.807, 2.05) is 5.01 Å². The van der Waals surface area contributed by atoms with Crippen LogP contribution in [0.5, 0.6) is 11.5 Å². The third-order valence-corrected chi connectivity index (χ3v) is 8.17. The zero-order chi connectivity index (χ0) is 29.1. The van der Waals surface area contributed by atoms with Crippen molar-refractivity contribution in [3.05, 3.63) is 57.3 Å². The Morgan fingerprint density at radius 3 is 2.32 bits per heavy atom. The van der Waals surface area contributed by atoms with Crippen molar-refractivity contribution < 1.29 is 19.1 Å². The Morgan fingerprint density at radius 2 is 1.68 bits per heavy atom. The van der Waals surface area contributed by atoms with Crippen molar-refractivity contribution in [3.63, 3.8) is 0 Å². The fourth-order valence-electron chi connectivity index (χ4n) is 4.13. The van der Waals surface area contributed by atoms with Crippen LogP contribution in [0.15, 0.2) is 36.1 Å². The number of amides is 2. The predicted octanol–water partition coefficient (Wildman–Crippen LogP) is 4.30. The molecule has 1 aliphatic heterocycles. The third kappa shape index (κ3) is 6.14. The molecule has 1 aromatic carbocycles. The number of rotatable bonds is 8. The molecule has 0 atom stereocenters. The number of piperazine rings is 1. The number of carbonyl (C=O) groups is 2. The maximum atomic E-state index is 13.3. The number of nitrogens with one attached hydrogen (secondary N) is 3. The fourth-order valence-corrected chi connectivity index (χ4v) is 5.67. The number of nitrogens with zero attached hydrogens (tertiary/aromatic N) is 5. The van der Waals surface area contributed by atoms with Gasteiger partial charge in [0.1, 0.15) is 33.7 Å². The molecule has 0 spiro atoms. The minimum Gasteiger partial charge on any atom is -0.495 e. The predicted molar refractivity (Wildman–Crippen MR) is 159 cm³/mol. The number of pyridine rings is 1. The number of benzene rings is 1. The highest BCUT2D eigenvalue weighted by Crippen LogP contribution is 2.44. The van der Waals surface area contributed by atoms with Gasteiger partial charge in [0.2, 0.25) is 0 Å². The summed E-state index contributed by atoms with van der Waals surface area (Å²) < 4.78 is 11.2. The van der Waals surface area contributed by atoms with Crippen LogP contribution in [0.2, 0.25) is 10.0 Å². The second-order valence-electron chi connectivity index (χ2n) is 9.08. The molecule has 0 radical (unpaired) electrons. The monoisotopic (exact) mass is 616 g/mol. The van der Waals surface area contributed by atoms with Crippen LogP contribution < -0.4 is 25.5 Å². The van der Waals surface area contributed by atoms with Crippen molar-refractivity contribution in [2.45, 2.75) is 0 Å². The van der Waals surface area contributed by atoms with Crippen LogP contribution in [0.3, 0.4) is 0 Å². The van der Waals surface area contributed by atoms with Crippen molar-refractivity contribution in [1.29, 1.82) is 0 Å². The summed E-state index contributed by atoms with van der Waals surface area (Å²) in [5, 5.41) is 9.73. The number of methoxy groups -OCH3 is 2. The van der Waals surface area contributed by atoms with Gasteiger partial charge < -0.3 is 25.0 Å². The first-order valence-corrected chi connectivity index (χ1v) is 14.0. The average Bonchev–Trinajstić information content (AvgIpc) is 3.42. The lowest BCUT2D eigenvalue weighted by atomic mass is 10.2. The van der Waals surface area contributed by atoms with Crippen LogP contribution >= 0.6 is 34.5 Å². The first-order valence-electron chi connectivity index (χ1n) is 12.4. The molecule has 3 aromatic heterocycles. The third-order valence-electron chi connectivity index (χ3n) is 6.45. The summed E-state index contributed by atoms with van der Waals surface area (Å²) in [6.07, 6.45) is 2.84. The molecule has 0 unspecified atom stereocenters. The van der Waals surface area contributed by atoms with Crippen molar-refractivity contribution in [2.75, 3.05) is 58.1 Å². The molecule has 1 fully saturated rings. The lowest BCUT2D eigenvalue weighted by Gasteiger charge is -2.32. The Hall–Kier alpha value is -3.75. The van der Waals surface area contributed by atoms with Crippen LogP contribution in [0.25, 0.3) is 10.2 Å². The van der Waals surface area contributed by atoms with Gasteiger partial charge in [0.05, 0.1) is 41.3 Å². The number of fused-ring (bicyclic) bond motifs is 1. The van der Waals surface area contributed by atoms with E-state index in [4.69, 9.17) is 32.7 Å². The number of carbonyl (C=O) groups excluding carboxylic acids is 2. The molecule has 41 heavy (non-hydrogen) atoms. The second-order valence-corrected chi connectivity index (χ2v) is 10.7. The molecule has 4 aromatic rings. The Labute approximate surface area is 249 Å². The highest BCUT2D eigenvalue weighted by molar-refractivity contribution is 7.18. The van der Waals surface area contributed by atoms with Crippen LogP contribution in [0, 0.1) is 0 Å². The number of halogens is 2. The largest absolute Gasteiger partial charge is 0.495 e. The molecule has 0 aliphatic carbocycles. The summed E-state index contributed by atoms with van der Waals surface area (Å²) in [5.74, 6) is 0.822. The SMILES string of the molecule is COc1cc(OC)c(Cl)c(NC(=O)c2csc3c(Nc4ccc(C(=O)NN5CCN(C)CC5)cn4)ncnc23)c1Cl. The first-order chi connectivity index (χ1) is 19.8. The van der Waals surface area contributed by atoms with Gasteiger partial charge in [-0.1, -0.05) is 23.2 Å². The topological polar surface area (TPSA) is 134 Å². The Kier molecular flexibility index (Phi) is 8.71. The number of ether oxygens (including phenoxy) is 2. The quantitative estimate of drug-likeness (QED) is 0.263. The van der Waals surface area contributed by atoms with Gasteiger partial charge in [-0.05, 0) is 19.2 Å². The molecule has 3 N–H and O–H groups in total. The van der Waals surface area contributed by atoms with Crippen LogP contribution in [-0.4, -0.2) is 84.1 Å². The molecule has 12 nitrogen and oxygen atoms in total. The molecule has 4 heterocycles. The molecule has 0 saturated carbocycles. The summed E-state index contributed by atoms with van der Waals surface area (Å²) >= 11 is 14.1. The Bertz CT molecular complexity index is 1560. The van der Waals surface area contributed by atoms with E-state index in [1.165, 1.54) is 44.1 Å². The molecule has 1 aliphatic rings. The first kappa shape index (κ1) is 28.8. The van der Waals surface area contributed by atoms with Gasteiger partial charge in [0, 0.05) is 43.8 Å². The van der Waals surface area contributed by atoms with Gasteiger partial charge in [-0.25, -0.2) is 20.0 Å². The summed E-state index contributed by atoms with van der Waals surface area (Å²) in [6, 6.07) is 4.91. The summed E-state index contributed by atoms with van der Waals surface area (Å²) in [6.45, 7) is 3.29. The molecule has 214 valence electrons. The summed E-state index contributed by atoms with van der Waals surface area (Å²) in [5.41, 5.74) is 4.23. The minimum absolute atomic E-state index is 0.134. The van der Waals surface area contributed by atoms with Crippen LogP contribution in [0.4, 0.5) is 17.3 Å². The number of hydrogen-bond acceptors (Lipinski definition) is 11. The van der Waals surface area contributed by atoms with E-state index in [2.05, 4.69) is 43.0 Å². The van der Waals surface area contributed by atoms with E-state index in [0.717, 1.165) is 26.2 Å². The number of thiophene rings is 1. The highest BCUT2D eigenvalue weighted by Gasteiger charge is 2.23. The second kappa shape index (κ2) is 12.4. The Balaban J connectivity index is 1.32. The molecule has 2 amide bonds. The molecule has 0 bridgehead atoms. The maximum Gasteiger partial charge on any atom is 0.267 e. The number of likely N-dealkylation sites (N-methyl/N-ethyl adjacent to an activating group) is 1. The number of anilines is 3. The van der Waals surface area contributed by atoms with E-state index in [9.17, 15) is 9.59 Å². The van der Waals surface area contributed by atoms with Gasteiger partial charge in [-0.15, -0.1) is 11.3 Å². The fraction of sp³-hybridized carbons (Fsp3) is 0.269. The number of hydrogen-bond donors (Lipinski definition) is 3. The maximum absolute atomic E-state index is 13.3. The van der Waals surface area contributed by atoms with Gasteiger partial charge in [-0.2, -0.15) is 0 Å². The molecular weight excluding hydrogens is 591 g/mol. The van der Waals surface area contributed by atoms with Crippen molar-refractivity contribution in [3.8, 4) is 11.5 Å². The van der Waals surface area contributed by atoms with Gasteiger partial charge in [-0.3, -0.25) is 15.0 Å². The Morgan fingerprint density at radius 1 is 0.976 bits per heavy atom. The van der Waals surface area contributed by atoms with Gasteiger partial charge in [0.25, 0.3) is 11.8 Å². The molecule has 15 heteroatoms. The molecule has 5 rings (SSSR count). The number of aromatic nitrogens is 3. The van der Waals surface area contributed by atoms with E-state index >= 15 is 0 Å². The smallest absolute Gasteiger partial charge is 0.267 e. The minimum atomic E-state index is -0.478. The van der Waals surface area contributed by atoms with Gasteiger partial charge in [0.15, 0.2) is 5.82 Å². The normalized spacial score (nSPS) is 14.1.